The largest absolute Gasteiger partial charge is 0.460 e. The van der Waals surface area contributed by atoms with Gasteiger partial charge in [-0.2, -0.15) is 0 Å². The number of likely N-dealkylation sites (tertiary alicyclic amines) is 1. The highest BCUT2D eigenvalue weighted by Crippen LogP contribution is 2.50. The number of cyclic esters (lactones) is 1. The smallest absolute Gasteiger partial charge is 0.312 e. The lowest BCUT2D eigenvalue weighted by molar-refractivity contribution is -0.152. The van der Waals surface area contributed by atoms with E-state index in [0.29, 0.717) is 25.2 Å². The lowest BCUT2D eigenvalue weighted by atomic mass is 9.67. The van der Waals surface area contributed by atoms with Crippen molar-refractivity contribution < 1.29 is 19.4 Å². The van der Waals surface area contributed by atoms with Gasteiger partial charge in [0.05, 0.1) is 23.6 Å². The van der Waals surface area contributed by atoms with Gasteiger partial charge in [0.15, 0.2) is 0 Å². The monoisotopic (exact) mass is 358 g/mol. The fourth-order valence-corrected chi connectivity index (χ4v) is 4.32. The van der Waals surface area contributed by atoms with Gasteiger partial charge in [-0.3, -0.25) is 9.59 Å². The quantitative estimate of drug-likeness (QED) is 0.807. The second-order valence-electron chi connectivity index (χ2n) is 7.84. The van der Waals surface area contributed by atoms with Crippen molar-refractivity contribution >= 4 is 17.6 Å². The van der Waals surface area contributed by atoms with E-state index in [1.54, 1.807) is 11.0 Å². The van der Waals surface area contributed by atoms with Crippen molar-refractivity contribution in [3.63, 3.8) is 0 Å². The van der Waals surface area contributed by atoms with Gasteiger partial charge in [-0.15, -0.1) is 0 Å². The fraction of sp³-hybridized carbons (Fsp3) is 0.600. The number of nitrogens with one attached hydrogen (secondary N) is 1. The maximum atomic E-state index is 12.9. The zero-order chi connectivity index (χ0) is 18.1. The van der Waals surface area contributed by atoms with Gasteiger partial charge < -0.3 is 20.1 Å². The van der Waals surface area contributed by atoms with Crippen LogP contribution < -0.4 is 5.32 Å². The Bertz CT molecular complexity index is 701. The summed E-state index contributed by atoms with van der Waals surface area (Å²) in [6, 6.07) is 7.42. The number of aliphatic hydroxyl groups is 1. The Morgan fingerprint density at radius 1 is 1.31 bits per heavy atom. The highest BCUT2D eigenvalue weighted by atomic mass is 16.6. The Balaban J connectivity index is 1.41. The van der Waals surface area contributed by atoms with Crippen molar-refractivity contribution in [2.45, 2.75) is 50.7 Å². The minimum Gasteiger partial charge on any atom is -0.460 e. The summed E-state index contributed by atoms with van der Waals surface area (Å²) in [5.41, 5.74) is 1.12. The maximum Gasteiger partial charge on any atom is 0.312 e. The SMILES string of the molecule is O=C(c1ccccc1NCC1CC2(CCC2)C(=O)O1)N1CCCC(O)C1. The van der Waals surface area contributed by atoms with Gasteiger partial charge in [0.2, 0.25) is 0 Å². The van der Waals surface area contributed by atoms with Crippen LogP contribution in [0.2, 0.25) is 0 Å². The fourth-order valence-electron chi connectivity index (χ4n) is 4.32. The molecule has 6 nitrogen and oxygen atoms in total. The van der Waals surface area contributed by atoms with Crippen LogP contribution >= 0.6 is 0 Å². The first-order valence-corrected chi connectivity index (χ1v) is 9.59. The Morgan fingerprint density at radius 2 is 2.12 bits per heavy atom. The summed E-state index contributed by atoms with van der Waals surface area (Å²) >= 11 is 0. The van der Waals surface area contributed by atoms with Crippen molar-refractivity contribution in [1.82, 2.24) is 4.90 Å². The van der Waals surface area contributed by atoms with Gasteiger partial charge in [0.25, 0.3) is 5.91 Å². The highest BCUT2D eigenvalue weighted by molar-refractivity contribution is 5.99. The number of rotatable bonds is 4. The van der Waals surface area contributed by atoms with Crippen molar-refractivity contribution in [3.8, 4) is 0 Å². The molecule has 140 valence electrons. The number of hydrogen-bond donors (Lipinski definition) is 2. The summed E-state index contributed by atoms with van der Waals surface area (Å²) in [4.78, 5) is 26.7. The first kappa shape index (κ1) is 17.3. The van der Waals surface area contributed by atoms with Crippen LogP contribution in [0.5, 0.6) is 0 Å². The molecule has 1 aromatic carbocycles. The lowest BCUT2D eigenvalue weighted by Crippen LogP contribution is -2.42. The minimum atomic E-state index is -0.440. The van der Waals surface area contributed by atoms with Crippen LogP contribution in [0.4, 0.5) is 5.69 Å². The maximum absolute atomic E-state index is 12.9. The number of anilines is 1. The molecule has 6 heteroatoms. The molecule has 0 radical (unpaired) electrons. The number of amides is 1. The van der Waals surface area contributed by atoms with Crippen LogP contribution in [0.15, 0.2) is 24.3 Å². The molecule has 1 amide bonds. The first-order chi connectivity index (χ1) is 12.6. The molecule has 0 aromatic heterocycles. The molecule has 1 aromatic rings. The van der Waals surface area contributed by atoms with E-state index in [1.807, 2.05) is 18.2 Å². The van der Waals surface area contributed by atoms with Gasteiger partial charge in [-0.25, -0.2) is 0 Å². The molecule has 2 saturated heterocycles. The zero-order valence-electron chi connectivity index (χ0n) is 14.9. The number of esters is 1. The van der Waals surface area contributed by atoms with Crippen molar-refractivity contribution in [1.29, 1.82) is 0 Å². The molecule has 2 aliphatic heterocycles. The number of ether oxygens (including phenoxy) is 1. The van der Waals surface area contributed by atoms with Crippen LogP contribution in [0.25, 0.3) is 0 Å². The molecular weight excluding hydrogens is 332 g/mol. The second kappa shape index (κ2) is 6.91. The van der Waals surface area contributed by atoms with Gasteiger partial charge >= 0.3 is 5.97 Å². The summed E-state index contributed by atoms with van der Waals surface area (Å²) in [7, 11) is 0. The number of hydrogen-bond acceptors (Lipinski definition) is 5. The Labute approximate surface area is 153 Å². The van der Waals surface area contributed by atoms with E-state index in [4.69, 9.17) is 4.74 Å². The van der Waals surface area contributed by atoms with Crippen LogP contribution in [0, 0.1) is 5.41 Å². The van der Waals surface area contributed by atoms with Crippen molar-refractivity contribution in [3.05, 3.63) is 29.8 Å². The standard InChI is InChI=1S/C20H26N2O4/c23-14-5-3-10-22(13-14)18(24)16-6-1-2-7-17(16)21-12-15-11-20(8-4-9-20)19(25)26-15/h1-2,6-7,14-15,21,23H,3-5,8-13H2. The van der Waals surface area contributed by atoms with E-state index in [0.717, 1.165) is 44.2 Å². The Hall–Kier alpha value is -2.08. The van der Waals surface area contributed by atoms with Crippen LogP contribution in [0.3, 0.4) is 0 Å². The van der Waals surface area contributed by atoms with Crippen LogP contribution in [-0.4, -0.2) is 53.7 Å². The predicted octanol–water partition coefficient (Wildman–Crippen LogP) is 2.18. The number of β-amino-alcohol motifs (C(OH)–C–C–N with tert-alkyl or cyclic N) is 1. The number of nitrogens with zero attached hydrogens (tertiary/aromatic N) is 1. The normalized spacial score (nSPS) is 27.1. The molecule has 2 heterocycles. The summed E-state index contributed by atoms with van der Waals surface area (Å²) < 4.78 is 5.54. The molecule has 1 aliphatic carbocycles. The van der Waals surface area contributed by atoms with Gasteiger partial charge in [-0.1, -0.05) is 18.6 Å². The van der Waals surface area contributed by atoms with E-state index in [2.05, 4.69) is 5.32 Å². The van der Waals surface area contributed by atoms with E-state index in [-0.39, 0.29) is 23.4 Å². The van der Waals surface area contributed by atoms with E-state index in [9.17, 15) is 14.7 Å². The number of carbonyl (C=O) groups is 2. The minimum absolute atomic E-state index is 0.0535. The Morgan fingerprint density at radius 3 is 2.81 bits per heavy atom. The van der Waals surface area contributed by atoms with E-state index >= 15 is 0 Å². The second-order valence-corrected chi connectivity index (χ2v) is 7.84. The molecule has 2 N–H and O–H groups in total. The molecule has 26 heavy (non-hydrogen) atoms. The Kier molecular flexibility index (Phi) is 4.61. The van der Waals surface area contributed by atoms with E-state index < -0.39 is 6.10 Å². The summed E-state index contributed by atoms with van der Waals surface area (Å²) in [5.74, 6) is -0.118. The van der Waals surface area contributed by atoms with Gasteiger partial charge in [-0.05, 0) is 37.8 Å². The molecule has 0 bridgehead atoms. The lowest BCUT2D eigenvalue weighted by Gasteiger charge is -2.33. The van der Waals surface area contributed by atoms with E-state index in [1.165, 1.54) is 0 Å². The molecule has 1 spiro atoms. The summed E-state index contributed by atoms with van der Waals surface area (Å²) in [5, 5.41) is 13.1. The van der Waals surface area contributed by atoms with Crippen molar-refractivity contribution in [2.24, 2.45) is 5.41 Å². The third-order valence-corrected chi connectivity index (χ3v) is 6.00. The average Bonchev–Trinajstić information content (AvgIpc) is 2.96. The van der Waals surface area contributed by atoms with Crippen LogP contribution in [-0.2, 0) is 9.53 Å². The van der Waals surface area contributed by atoms with Gasteiger partial charge in [0, 0.05) is 25.2 Å². The number of benzene rings is 1. The van der Waals surface area contributed by atoms with Gasteiger partial charge in [0.1, 0.15) is 6.10 Å². The number of carbonyl (C=O) groups excluding carboxylic acids is 2. The highest BCUT2D eigenvalue weighted by Gasteiger charge is 2.52. The third-order valence-electron chi connectivity index (χ3n) is 6.00. The first-order valence-electron chi connectivity index (χ1n) is 9.59. The van der Waals surface area contributed by atoms with Crippen LogP contribution in [0.1, 0.15) is 48.9 Å². The predicted molar refractivity (Wildman–Crippen MR) is 96.9 cm³/mol. The summed E-state index contributed by atoms with van der Waals surface area (Å²) in [6.07, 6.45) is 4.75. The third kappa shape index (κ3) is 3.18. The van der Waals surface area contributed by atoms with Crippen molar-refractivity contribution in [2.75, 3.05) is 25.0 Å². The molecule has 4 rings (SSSR count). The molecule has 1 saturated carbocycles. The average molecular weight is 358 g/mol. The molecule has 2 unspecified atom stereocenters. The molecule has 3 fully saturated rings. The zero-order valence-corrected chi connectivity index (χ0v) is 14.9. The molecular formula is C20H26N2O4. The molecule has 3 aliphatic rings. The summed E-state index contributed by atoms with van der Waals surface area (Å²) in [6.45, 7) is 1.57. The topological polar surface area (TPSA) is 78.9 Å². The molecule has 2 atom stereocenters. The number of aliphatic hydroxyl groups excluding tert-OH is 1. The number of para-hydroxylation sites is 1. The number of piperidine rings is 1.